The zero-order valence-electron chi connectivity index (χ0n) is 18.1. The normalized spacial score (nSPS) is 16.6. The predicted molar refractivity (Wildman–Crippen MR) is 135 cm³/mol. The maximum atomic E-state index is 12.5. The molecule has 0 aliphatic carbocycles. The van der Waals surface area contributed by atoms with Crippen molar-refractivity contribution < 1.29 is 23.8 Å². The summed E-state index contributed by atoms with van der Waals surface area (Å²) in [6, 6.07) is 11.8. The second-order valence-corrected chi connectivity index (χ2v) is 9.11. The molecule has 9 heteroatoms. The number of rotatable bonds is 9. The summed E-state index contributed by atoms with van der Waals surface area (Å²) in [5.41, 5.74) is 2.74. The first-order valence-corrected chi connectivity index (χ1v) is 12.1. The van der Waals surface area contributed by atoms with Crippen molar-refractivity contribution in [3.05, 3.63) is 56.0 Å². The van der Waals surface area contributed by atoms with Crippen LogP contribution in [0.15, 0.2) is 41.3 Å². The smallest absolute Gasteiger partial charge is 0.344 e. The Morgan fingerprint density at radius 1 is 1.25 bits per heavy atom. The molecular formula is C23H25IN2O5S. The van der Waals surface area contributed by atoms with Crippen molar-refractivity contribution in [1.29, 1.82) is 0 Å². The molecule has 7 nitrogen and oxygen atoms in total. The van der Waals surface area contributed by atoms with Crippen LogP contribution >= 0.6 is 34.4 Å². The van der Waals surface area contributed by atoms with Gasteiger partial charge in [-0.1, -0.05) is 30.8 Å². The standard InChI is InChI=1S/C23H25IN2O5S/c1-4-14-6-8-16(9-7-14)25-23-26-22(28)19(32-23)12-15-10-17(24)21(18(11-15)29-3)31-13-20(27)30-5-2/h6-12,23,25H,4-5,13H2,1-3H3,(H,26,28)/b19-12-/t23-/m1/s1. The number of amides is 1. The fourth-order valence-corrected chi connectivity index (χ4v) is 4.77. The molecule has 1 heterocycles. The van der Waals surface area contributed by atoms with E-state index in [4.69, 9.17) is 14.2 Å². The molecule has 1 amide bonds. The third-order valence-corrected chi connectivity index (χ3v) is 6.41. The van der Waals surface area contributed by atoms with Gasteiger partial charge in [0.25, 0.3) is 5.91 Å². The van der Waals surface area contributed by atoms with E-state index in [1.54, 1.807) is 13.0 Å². The number of ether oxygens (including phenoxy) is 3. The van der Waals surface area contributed by atoms with Crippen molar-refractivity contribution >= 4 is 58.0 Å². The minimum Gasteiger partial charge on any atom is -0.493 e. The molecule has 2 N–H and O–H groups in total. The van der Waals surface area contributed by atoms with E-state index >= 15 is 0 Å². The Balaban J connectivity index is 1.71. The Kier molecular flexibility index (Phi) is 8.68. The Morgan fingerprint density at radius 2 is 2.00 bits per heavy atom. The molecule has 0 spiro atoms. The van der Waals surface area contributed by atoms with E-state index in [9.17, 15) is 9.59 Å². The van der Waals surface area contributed by atoms with Gasteiger partial charge in [0.2, 0.25) is 0 Å². The quantitative estimate of drug-likeness (QED) is 0.264. The molecule has 0 aromatic heterocycles. The number of methoxy groups -OCH3 is 1. The molecule has 0 bridgehead atoms. The van der Waals surface area contributed by atoms with E-state index in [0.717, 1.165) is 21.2 Å². The largest absolute Gasteiger partial charge is 0.493 e. The molecule has 170 valence electrons. The summed E-state index contributed by atoms with van der Waals surface area (Å²) in [6.45, 7) is 3.94. The van der Waals surface area contributed by atoms with Crippen LogP contribution in [0.5, 0.6) is 11.5 Å². The predicted octanol–water partition coefficient (Wildman–Crippen LogP) is 4.40. The second-order valence-electron chi connectivity index (χ2n) is 6.80. The van der Waals surface area contributed by atoms with E-state index in [0.29, 0.717) is 23.0 Å². The van der Waals surface area contributed by atoms with Crippen LogP contribution in [-0.4, -0.2) is 37.7 Å². The Bertz CT molecular complexity index is 1010. The van der Waals surface area contributed by atoms with E-state index in [1.807, 2.05) is 24.3 Å². The van der Waals surface area contributed by atoms with Crippen LogP contribution in [0.3, 0.4) is 0 Å². The molecule has 1 aliphatic heterocycles. The van der Waals surface area contributed by atoms with Crippen LogP contribution in [0.25, 0.3) is 6.08 Å². The first-order chi connectivity index (χ1) is 15.4. The van der Waals surface area contributed by atoms with Gasteiger partial charge in [0.05, 0.1) is 22.2 Å². The van der Waals surface area contributed by atoms with E-state index in [1.165, 1.54) is 24.4 Å². The Hall–Kier alpha value is -2.40. The number of nitrogens with one attached hydrogen (secondary N) is 2. The van der Waals surface area contributed by atoms with E-state index in [2.05, 4.69) is 52.3 Å². The molecule has 1 atom stereocenters. The summed E-state index contributed by atoms with van der Waals surface area (Å²) in [4.78, 5) is 24.7. The molecular weight excluding hydrogens is 543 g/mol. The average molecular weight is 568 g/mol. The highest BCUT2D eigenvalue weighted by atomic mass is 127. The highest BCUT2D eigenvalue weighted by Crippen LogP contribution is 2.36. The summed E-state index contributed by atoms with van der Waals surface area (Å²) < 4.78 is 16.7. The molecule has 1 saturated heterocycles. The van der Waals surface area contributed by atoms with Gasteiger partial charge in [-0.3, -0.25) is 4.79 Å². The van der Waals surface area contributed by atoms with Gasteiger partial charge in [0, 0.05) is 5.69 Å². The monoisotopic (exact) mass is 568 g/mol. The Labute approximate surface area is 205 Å². The third kappa shape index (κ3) is 6.32. The molecule has 0 unspecified atom stereocenters. The number of carbonyl (C=O) groups excluding carboxylic acids is 2. The summed E-state index contributed by atoms with van der Waals surface area (Å²) in [6.07, 6.45) is 2.79. The molecule has 1 aliphatic rings. The van der Waals surface area contributed by atoms with E-state index < -0.39 is 5.97 Å². The van der Waals surface area contributed by atoms with Gasteiger partial charge in [0.1, 0.15) is 0 Å². The van der Waals surface area contributed by atoms with Gasteiger partial charge >= 0.3 is 5.97 Å². The lowest BCUT2D eigenvalue weighted by Gasteiger charge is -2.13. The second kappa shape index (κ2) is 11.5. The fourth-order valence-electron chi connectivity index (χ4n) is 3.00. The van der Waals surface area contributed by atoms with Crippen LogP contribution in [0.4, 0.5) is 5.69 Å². The van der Waals surface area contributed by atoms with Gasteiger partial charge in [-0.05, 0) is 77.4 Å². The molecule has 32 heavy (non-hydrogen) atoms. The number of hydrogen-bond donors (Lipinski definition) is 2. The zero-order valence-corrected chi connectivity index (χ0v) is 21.0. The first kappa shape index (κ1) is 24.2. The summed E-state index contributed by atoms with van der Waals surface area (Å²) >= 11 is 3.53. The Morgan fingerprint density at radius 3 is 2.66 bits per heavy atom. The van der Waals surface area contributed by atoms with Gasteiger partial charge < -0.3 is 24.8 Å². The maximum absolute atomic E-state index is 12.5. The van der Waals surface area contributed by atoms with Crippen LogP contribution < -0.4 is 20.1 Å². The van der Waals surface area contributed by atoms with Crippen molar-refractivity contribution in [2.24, 2.45) is 0 Å². The number of esters is 1. The number of halogens is 1. The zero-order chi connectivity index (χ0) is 23.1. The van der Waals surface area contributed by atoms with Crippen LogP contribution in [-0.2, 0) is 20.7 Å². The van der Waals surface area contributed by atoms with Crippen molar-refractivity contribution in [1.82, 2.24) is 5.32 Å². The van der Waals surface area contributed by atoms with Gasteiger partial charge in [-0.15, -0.1) is 0 Å². The lowest BCUT2D eigenvalue weighted by molar-refractivity contribution is -0.145. The van der Waals surface area contributed by atoms with Gasteiger partial charge in [-0.2, -0.15) is 0 Å². The first-order valence-electron chi connectivity index (χ1n) is 10.1. The number of carbonyl (C=O) groups is 2. The van der Waals surface area contributed by atoms with Crippen LogP contribution in [0.1, 0.15) is 25.0 Å². The number of anilines is 1. The third-order valence-electron chi connectivity index (χ3n) is 4.58. The lowest BCUT2D eigenvalue weighted by Crippen LogP contribution is -2.30. The lowest BCUT2D eigenvalue weighted by atomic mass is 10.1. The molecule has 2 aromatic rings. The topological polar surface area (TPSA) is 85.9 Å². The molecule has 0 radical (unpaired) electrons. The highest BCUT2D eigenvalue weighted by Gasteiger charge is 2.27. The summed E-state index contributed by atoms with van der Waals surface area (Å²) in [7, 11) is 1.53. The van der Waals surface area contributed by atoms with Crippen molar-refractivity contribution in [3.8, 4) is 11.5 Å². The highest BCUT2D eigenvalue weighted by molar-refractivity contribution is 14.1. The van der Waals surface area contributed by atoms with Gasteiger partial charge in [-0.25, -0.2) is 4.79 Å². The van der Waals surface area contributed by atoms with Crippen molar-refractivity contribution in [2.45, 2.75) is 25.8 Å². The number of hydrogen-bond acceptors (Lipinski definition) is 7. The summed E-state index contributed by atoms with van der Waals surface area (Å²) in [5.74, 6) is 0.344. The molecule has 0 saturated carbocycles. The van der Waals surface area contributed by atoms with Crippen LogP contribution in [0, 0.1) is 3.57 Å². The van der Waals surface area contributed by atoms with Crippen molar-refractivity contribution in [2.75, 3.05) is 25.6 Å². The molecule has 3 rings (SSSR count). The number of benzene rings is 2. The maximum Gasteiger partial charge on any atom is 0.344 e. The minimum absolute atomic E-state index is 0.144. The SMILES string of the molecule is CCOC(=O)COc1c(I)cc(/C=C2\S[C@H](Nc3ccc(CC)cc3)NC2=O)cc1OC. The van der Waals surface area contributed by atoms with E-state index in [-0.39, 0.29) is 18.0 Å². The van der Waals surface area contributed by atoms with Crippen molar-refractivity contribution in [3.63, 3.8) is 0 Å². The number of thioether (sulfide) groups is 1. The number of aryl methyl sites for hydroxylation is 1. The molecule has 1 fully saturated rings. The summed E-state index contributed by atoms with van der Waals surface area (Å²) in [5, 5.41) is 6.26. The van der Waals surface area contributed by atoms with Crippen LogP contribution in [0.2, 0.25) is 0 Å². The van der Waals surface area contributed by atoms with Gasteiger partial charge in [0.15, 0.2) is 23.6 Å². The molecule has 2 aromatic carbocycles. The average Bonchev–Trinajstić information content (AvgIpc) is 3.11. The fraction of sp³-hybridized carbons (Fsp3) is 0.304. The minimum atomic E-state index is -0.446.